The summed E-state index contributed by atoms with van der Waals surface area (Å²) in [6.45, 7) is 6.66. The molecule has 14 heavy (non-hydrogen) atoms. The van der Waals surface area contributed by atoms with E-state index >= 15 is 0 Å². The number of hydrogen-bond donors (Lipinski definition) is 0. The average Bonchev–Trinajstić information content (AvgIpc) is 2.22. The molecule has 0 aliphatic rings. The van der Waals surface area contributed by atoms with Crippen molar-refractivity contribution in [3.63, 3.8) is 0 Å². The van der Waals surface area contributed by atoms with Gasteiger partial charge >= 0.3 is 0 Å². The van der Waals surface area contributed by atoms with Crippen LogP contribution in [0.15, 0.2) is 18.2 Å². The highest BCUT2D eigenvalue weighted by molar-refractivity contribution is 5.36. The third kappa shape index (κ3) is 3.79. The Balaban J connectivity index is 0.000000791. The number of aryl methyl sites for hydroxylation is 1. The van der Waals surface area contributed by atoms with E-state index in [-0.39, 0.29) is 0 Å². The summed E-state index contributed by atoms with van der Waals surface area (Å²) in [7, 11) is 3.35. The number of methoxy groups -OCH3 is 2. The predicted octanol–water partition coefficient (Wildman–Crippen LogP) is 3.18. The first kappa shape index (κ1) is 13.0. The quantitative estimate of drug-likeness (QED) is 0.739. The maximum absolute atomic E-state index is 5.17. The molecule has 1 aromatic carbocycles. The van der Waals surface area contributed by atoms with Crippen molar-refractivity contribution in [2.24, 2.45) is 0 Å². The van der Waals surface area contributed by atoms with Gasteiger partial charge in [0.1, 0.15) is 5.75 Å². The minimum atomic E-state index is 0.602. The molecule has 2 heteroatoms. The second-order valence-corrected chi connectivity index (χ2v) is 2.75. The Labute approximate surface area is 86.9 Å². The highest BCUT2D eigenvalue weighted by atomic mass is 16.5. The van der Waals surface area contributed by atoms with Crippen LogP contribution < -0.4 is 4.74 Å². The minimum Gasteiger partial charge on any atom is -0.496 e. The second kappa shape index (κ2) is 7.39. The van der Waals surface area contributed by atoms with E-state index in [1.807, 2.05) is 26.0 Å². The van der Waals surface area contributed by atoms with Crippen LogP contribution >= 0.6 is 0 Å². The monoisotopic (exact) mass is 196 g/mol. The first-order valence-corrected chi connectivity index (χ1v) is 4.90. The van der Waals surface area contributed by atoms with Gasteiger partial charge in [-0.25, -0.2) is 0 Å². The number of benzene rings is 1. The lowest BCUT2D eigenvalue weighted by Crippen LogP contribution is -1.94. The largest absolute Gasteiger partial charge is 0.496 e. The number of ether oxygens (including phenoxy) is 2. The van der Waals surface area contributed by atoms with Gasteiger partial charge in [-0.1, -0.05) is 31.5 Å². The number of hydrogen-bond acceptors (Lipinski definition) is 2. The Kier molecular flexibility index (Phi) is 6.85. The summed E-state index contributed by atoms with van der Waals surface area (Å²) in [5.74, 6) is 0.891. The normalized spacial score (nSPS) is 8.93. The molecule has 2 nitrogen and oxygen atoms in total. The standard InChI is InChI=1S/C10H14O2.C2H6/c1-8-4-5-10(12-3)9(6-8)7-11-2;1-2/h4-6H,7H2,1-3H3;1-2H3. The van der Waals surface area contributed by atoms with Crippen LogP contribution in [-0.4, -0.2) is 14.2 Å². The summed E-state index contributed by atoms with van der Waals surface area (Å²) >= 11 is 0. The van der Waals surface area contributed by atoms with Crippen molar-refractivity contribution < 1.29 is 9.47 Å². The zero-order valence-corrected chi connectivity index (χ0v) is 9.76. The van der Waals surface area contributed by atoms with Crippen molar-refractivity contribution in [2.75, 3.05) is 14.2 Å². The molecular weight excluding hydrogens is 176 g/mol. The maximum Gasteiger partial charge on any atom is 0.124 e. The van der Waals surface area contributed by atoms with Crippen LogP contribution in [0.1, 0.15) is 25.0 Å². The highest BCUT2D eigenvalue weighted by Gasteiger charge is 2.01. The Morgan fingerprint density at radius 1 is 1.14 bits per heavy atom. The first-order chi connectivity index (χ1) is 6.77. The lowest BCUT2D eigenvalue weighted by Gasteiger charge is -2.07. The van der Waals surface area contributed by atoms with Crippen LogP contribution in [0, 0.1) is 6.92 Å². The van der Waals surface area contributed by atoms with E-state index in [2.05, 4.69) is 13.0 Å². The van der Waals surface area contributed by atoms with Crippen molar-refractivity contribution in [1.82, 2.24) is 0 Å². The Morgan fingerprint density at radius 2 is 1.79 bits per heavy atom. The summed E-state index contributed by atoms with van der Waals surface area (Å²) in [4.78, 5) is 0. The lowest BCUT2D eigenvalue weighted by atomic mass is 10.1. The molecule has 0 aliphatic carbocycles. The van der Waals surface area contributed by atoms with Gasteiger partial charge in [0.25, 0.3) is 0 Å². The zero-order chi connectivity index (χ0) is 11.0. The van der Waals surface area contributed by atoms with Crippen molar-refractivity contribution >= 4 is 0 Å². The Hall–Kier alpha value is -1.02. The molecule has 0 saturated carbocycles. The van der Waals surface area contributed by atoms with Gasteiger partial charge in [-0.15, -0.1) is 0 Å². The molecule has 0 saturated heterocycles. The third-order valence-electron chi connectivity index (χ3n) is 1.74. The molecule has 80 valence electrons. The van der Waals surface area contributed by atoms with Crippen LogP contribution in [-0.2, 0) is 11.3 Å². The molecule has 0 amide bonds. The number of rotatable bonds is 3. The molecule has 1 rings (SSSR count). The van der Waals surface area contributed by atoms with Crippen molar-refractivity contribution in [2.45, 2.75) is 27.4 Å². The molecule has 0 heterocycles. The van der Waals surface area contributed by atoms with E-state index in [9.17, 15) is 0 Å². The van der Waals surface area contributed by atoms with Crippen LogP contribution in [0.3, 0.4) is 0 Å². The smallest absolute Gasteiger partial charge is 0.124 e. The molecule has 0 aliphatic heterocycles. The van der Waals surface area contributed by atoms with Crippen LogP contribution in [0.25, 0.3) is 0 Å². The maximum atomic E-state index is 5.17. The summed E-state index contributed by atoms with van der Waals surface area (Å²) < 4.78 is 10.2. The Bertz CT molecular complexity index is 256. The van der Waals surface area contributed by atoms with Crippen LogP contribution in [0.5, 0.6) is 5.75 Å². The van der Waals surface area contributed by atoms with E-state index in [0.717, 1.165) is 11.3 Å². The first-order valence-electron chi connectivity index (χ1n) is 4.90. The fourth-order valence-corrected chi connectivity index (χ4v) is 1.18. The topological polar surface area (TPSA) is 18.5 Å². The van der Waals surface area contributed by atoms with Gasteiger partial charge in [-0.05, 0) is 13.0 Å². The summed E-state index contributed by atoms with van der Waals surface area (Å²) in [6.07, 6.45) is 0. The molecule has 0 spiro atoms. The zero-order valence-electron chi connectivity index (χ0n) is 9.76. The van der Waals surface area contributed by atoms with Crippen LogP contribution in [0.4, 0.5) is 0 Å². The summed E-state index contributed by atoms with van der Waals surface area (Å²) in [6, 6.07) is 6.06. The Morgan fingerprint density at radius 3 is 2.29 bits per heavy atom. The molecule has 1 aromatic rings. The SMILES string of the molecule is CC.COCc1cc(C)ccc1OC. The van der Waals surface area contributed by atoms with Crippen molar-refractivity contribution in [3.8, 4) is 5.75 Å². The molecule has 0 N–H and O–H groups in total. The second-order valence-electron chi connectivity index (χ2n) is 2.75. The van der Waals surface area contributed by atoms with Gasteiger partial charge in [0, 0.05) is 12.7 Å². The van der Waals surface area contributed by atoms with Gasteiger partial charge in [-0.2, -0.15) is 0 Å². The highest BCUT2D eigenvalue weighted by Crippen LogP contribution is 2.19. The summed E-state index contributed by atoms with van der Waals surface area (Å²) in [5, 5.41) is 0. The third-order valence-corrected chi connectivity index (χ3v) is 1.74. The van der Waals surface area contributed by atoms with Gasteiger partial charge in [0.05, 0.1) is 13.7 Å². The van der Waals surface area contributed by atoms with Crippen molar-refractivity contribution in [1.29, 1.82) is 0 Å². The van der Waals surface area contributed by atoms with Gasteiger partial charge in [-0.3, -0.25) is 0 Å². The molecule has 0 bridgehead atoms. The molecule has 0 fully saturated rings. The van der Waals surface area contributed by atoms with Crippen molar-refractivity contribution in [3.05, 3.63) is 29.3 Å². The molecule has 0 aromatic heterocycles. The average molecular weight is 196 g/mol. The van der Waals surface area contributed by atoms with E-state index in [4.69, 9.17) is 9.47 Å². The molecule has 0 atom stereocenters. The van der Waals surface area contributed by atoms with E-state index < -0.39 is 0 Å². The van der Waals surface area contributed by atoms with Crippen LogP contribution in [0.2, 0.25) is 0 Å². The fraction of sp³-hybridized carbons (Fsp3) is 0.500. The van der Waals surface area contributed by atoms with Gasteiger partial charge in [0.15, 0.2) is 0 Å². The van der Waals surface area contributed by atoms with Gasteiger partial charge in [0.2, 0.25) is 0 Å². The minimum absolute atomic E-state index is 0.602. The molecule has 0 radical (unpaired) electrons. The lowest BCUT2D eigenvalue weighted by molar-refractivity contribution is 0.181. The van der Waals surface area contributed by atoms with E-state index in [1.165, 1.54) is 5.56 Å². The fourth-order valence-electron chi connectivity index (χ4n) is 1.18. The summed E-state index contributed by atoms with van der Waals surface area (Å²) in [5.41, 5.74) is 2.32. The molecule has 0 unspecified atom stereocenters. The molecular formula is C12H20O2. The van der Waals surface area contributed by atoms with E-state index in [1.54, 1.807) is 14.2 Å². The van der Waals surface area contributed by atoms with E-state index in [0.29, 0.717) is 6.61 Å². The predicted molar refractivity (Wildman–Crippen MR) is 59.8 cm³/mol. The van der Waals surface area contributed by atoms with Gasteiger partial charge < -0.3 is 9.47 Å².